The zero-order valence-electron chi connectivity index (χ0n) is 14.5. The van der Waals surface area contributed by atoms with E-state index < -0.39 is 0 Å². The third-order valence-electron chi connectivity index (χ3n) is 5.03. The van der Waals surface area contributed by atoms with E-state index in [1.54, 1.807) is 17.8 Å². The molecule has 0 aliphatic carbocycles. The van der Waals surface area contributed by atoms with E-state index in [9.17, 15) is 5.11 Å². The van der Waals surface area contributed by atoms with E-state index in [1.807, 2.05) is 12.1 Å². The molecule has 0 saturated heterocycles. The largest absolute Gasteiger partial charge is 0.506 e. The summed E-state index contributed by atoms with van der Waals surface area (Å²) in [4.78, 5) is 3.90. The van der Waals surface area contributed by atoms with Gasteiger partial charge in [0, 0.05) is 23.5 Å². The van der Waals surface area contributed by atoms with Gasteiger partial charge in [0.05, 0.1) is 5.02 Å². The number of nitrogens with zero attached hydrogens (tertiary/aromatic N) is 1. The minimum absolute atomic E-state index is 0.114. The number of hydrogen-bond donors (Lipinski definition) is 1. The van der Waals surface area contributed by atoms with E-state index in [0.717, 1.165) is 25.9 Å². The lowest BCUT2D eigenvalue weighted by atomic mass is 9.93. The number of phenols is 1. The molecule has 0 radical (unpaired) electrons. The van der Waals surface area contributed by atoms with Gasteiger partial charge < -0.3 is 5.11 Å². The standard InChI is InChI=1S/C20H24ClNOS/c1-20(2,9-8-14-4-7-19(23)18(21)10-14)22-12-15-5-6-17(24-3)11-16(15)13-22/h4-7,10-11,23H,8-9,12-13H2,1-3H3. The Hall–Kier alpha value is -1.16. The Balaban J connectivity index is 1.66. The molecule has 0 amide bonds. The molecule has 2 aromatic carbocycles. The lowest BCUT2D eigenvalue weighted by Gasteiger charge is -2.35. The first-order valence-corrected chi connectivity index (χ1v) is 9.87. The first-order chi connectivity index (χ1) is 11.4. The molecule has 1 N–H and O–H groups in total. The molecule has 2 nitrogen and oxygen atoms in total. The van der Waals surface area contributed by atoms with Gasteiger partial charge in [0.25, 0.3) is 0 Å². The first kappa shape index (κ1) is 17.7. The molecule has 1 aliphatic rings. The highest BCUT2D eigenvalue weighted by Gasteiger charge is 2.31. The van der Waals surface area contributed by atoms with Gasteiger partial charge >= 0.3 is 0 Å². The molecule has 0 spiro atoms. The molecule has 1 heterocycles. The summed E-state index contributed by atoms with van der Waals surface area (Å²) >= 11 is 7.82. The number of rotatable bonds is 5. The monoisotopic (exact) mass is 361 g/mol. The van der Waals surface area contributed by atoms with E-state index in [-0.39, 0.29) is 11.3 Å². The Morgan fingerprint density at radius 3 is 2.58 bits per heavy atom. The van der Waals surface area contributed by atoms with Gasteiger partial charge in [0.15, 0.2) is 0 Å². The van der Waals surface area contributed by atoms with E-state index >= 15 is 0 Å². The molecule has 0 fully saturated rings. The smallest absolute Gasteiger partial charge is 0.134 e. The van der Waals surface area contributed by atoms with Gasteiger partial charge in [-0.05, 0) is 73.9 Å². The molecule has 2 aromatic rings. The molecular weight excluding hydrogens is 338 g/mol. The lowest BCUT2D eigenvalue weighted by Crippen LogP contribution is -2.40. The van der Waals surface area contributed by atoms with Gasteiger partial charge in [-0.2, -0.15) is 0 Å². The maximum Gasteiger partial charge on any atom is 0.134 e. The predicted molar refractivity (Wildman–Crippen MR) is 103 cm³/mol. The van der Waals surface area contributed by atoms with Crippen molar-refractivity contribution in [2.45, 2.75) is 50.2 Å². The zero-order valence-corrected chi connectivity index (χ0v) is 16.0. The number of benzene rings is 2. The number of halogens is 1. The van der Waals surface area contributed by atoms with Gasteiger partial charge in [-0.25, -0.2) is 0 Å². The molecule has 0 bridgehead atoms. The van der Waals surface area contributed by atoms with Crippen LogP contribution in [0.3, 0.4) is 0 Å². The Morgan fingerprint density at radius 2 is 1.88 bits per heavy atom. The quantitative estimate of drug-likeness (QED) is 0.712. The third kappa shape index (κ3) is 3.74. The van der Waals surface area contributed by atoms with Crippen LogP contribution in [-0.4, -0.2) is 21.8 Å². The van der Waals surface area contributed by atoms with E-state index in [0.29, 0.717) is 5.02 Å². The number of aromatic hydroxyl groups is 1. The van der Waals surface area contributed by atoms with Gasteiger partial charge in [-0.1, -0.05) is 23.7 Å². The second-order valence-corrected chi connectivity index (χ2v) is 8.38. The van der Waals surface area contributed by atoms with Crippen molar-refractivity contribution in [1.29, 1.82) is 0 Å². The number of phenolic OH excluding ortho intramolecular Hbond substituents is 1. The van der Waals surface area contributed by atoms with Crippen LogP contribution in [0, 0.1) is 0 Å². The maximum atomic E-state index is 9.55. The zero-order chi connectivity index (χ0) is 17.3. The average Bonchev–Trinajstić information content (AvgIpc) is 3.00. The summed E-state index contributed by atoms with van der Waals surface area (Å²) in [6, 6.07) is 12.3. The summed E-state index contributed by atoms with van der Waals surface area (Å²) in [7, 11) is 0. The highest BCUT2D eigenvalue weighted by atomic mass is 35.5. The van der Waals surface area contributed by atoms with E-state index in [2.05, 4.69) is 43.2 Å². The lowest BCUT2D eigenvalue weighted by molar-refractivity contribution is 0.109. The SMILES string of the molecule is CSc1ccc2c(c1)CN(C(C)(C)CCc1ccc(O)c(Cl)c1)C2. The fourth-order valence-corrected chi connectivity index (χ4v) is 3.91. The van der Waals surface area contributed by atoms with Crippen LogP contribution in [-0.2, 0) is 19.5 Å². The second kappa shape index (κ2) is 6.99. The molecule has 4 heteroatoms. The van der Waals surface area contributed by atoms with Crippen LogP contribution in [0.4, 0.5) is 0 Å². The van der Waals surface area contributed by atoms with Crippen LogP contribution in [0.5, 0.6) is 5.75 Å². The number of thioether (sulfide) groups is 1. The molecule has 0 aromatic heterocycles. The van der Waals surface area contributed by atoms with E-state index in [4.69, 9.17) is 11.6 Å². The normalized spacial score (nSPS) is 14.8. The van der Waals surface area contributed by atoms with Gasteiger partial charge in [0.2, 0.25) is 0 Å². The number of hydrogen-bond acceptors (Lipinski definition) is 3. The predicted octanol–water partition coefficient (Wildman–Crippen LogP) is 5.49. The molecule has 128 valence electrons. The Bertz CT molecular complexity index is 744. The van der Waals surface area contributed by atoms with Crippen molar-refractivity contribution < 1.29 is 5.11 Å². The minimum Gasteiger partial charge on any atom is -0.506 e. The van der Waals surface area contributed by atoms with E-state index in [1.165, 1.54) is 21.6 Å². The molecule has 1 aliphatic heterocycles. The molecule has 3 rings (SSSR count). The summed E-state index contributed by atoms with van der Waals surface area (Å²) in [5.41, 5.74) is 4.20. The number of aryl methyl sites for hydroxylation is 1. The van der Waals surface area contributed by atoms with Crippen molar-refractivity contribution >= 4 is 23.4 Å². The van der Waals surface area contributed by atoms with Gasteiger partial charge in [-0.3, -0.25) is 4.90 Å². The van der Waals surface area contributed by atoms with Crippen molar-refractivity contribution in [2.24, 2.45) is 0 Å². The fraction of sp³-hybridized carbons (Fsp3) is 0.400. The maximum absolute atomic E-state index is 9.55. The third-order valence-corrected chi connectivity index (χ3v) is 6.06. The molecule has 24 heavy (non-hydrogen) atoms. The van der Waals surface area contributed by atoms with Crippen LogP contribution in [0.25, 0.3) is 0 Å². The number of fused-ring (bicyclic) bond motifs is 1. The van der Waals surface area contributed by atoms with Crippen molar-refractivity contribution in [2.75, 3.05) is 6.26 Å². The van der Waals surface area contributed by atoms with Crippen LogP contribution in [0.2, 0.25) is 5.02 Å². The minimum atomic E-state index is 0.114. The topological polar surface area (TPSA) is 23.5 Å². The Kier molecular flexibility index (Phi) is 5.14. The summed E-state index contributed by atoms with van der Waals surface area (Å²) < 4.78 is 0. The van der Waals surface area contributed by atoms with Crippen molar-refractivity contribution in [3.05, 3.63) is 58.1 Å². The van der Waals surface area contributed by atoms with Crippen LogP contribution in [0.15, 0.2) is 41.3 Å². The summed E-state index contributed by atoms with van der Waals surface area (Å²) in [5, 5.41) is 9.98. The van der Waals surface area contributed by atoms with Gasteiger partial charge in [0.1, 0.15) is 5.75 Å². The fourth-order valence-electron chi connectivity index (χ4n) is 3.24. The first-order valence-electron chi connectivity index (χ1n) is 8.27. The molecule has 0 atom stereocenters. The Morgan fingerprint density at radius 1 is 1.12 bits per heavy atom. The highest BCUT2D eigenvalue weighted by Crippen LogP contribution is 2.34. The van der Waals surface area contributed by atoms with Crippen molar-refractivity contribution in [3.63, 3.8) is 0 Å². The second-order valence-electron chi connectivity index (χ2n) is 7.09. The molecule has 0 unspecified atom stereocenters. The van der Waals surface area contributed by atoms with Crippen molar-refractivity contribution in [1.82, 2.24) is 4.90 Å². The van der Waals surface area contributed by atoms with Crippen LogP contribution in [0.1, 0.15) is 37.0 Å². The van der Waals surface area contributed by atoms with Crippen LogP contribution < -0.4 is 0 Å². The molecule has 0 saturated carbocycles. The Labute approximate surface area is 153 Å². The highest BCUT2D eigenvalue weighted by molar-refractivity contribution is 7.98. The van der Waals surface area contributed by atoms with Crippen molar-refractivity contribution in [3.8, 4) is 5.75 Å². The summed E-state index contributed by atoms with van der Waals surface area (Å²) in [6.07, 6.45) is 4.13. The molecular formula is C20H24ClNOS. The summed E-state index contributed by atoms with van der Waals surface area (Å²) in [5.74, 6) is 0.152. The van der Waals surface area contributed by atoms with Gasteiger partial charge in [-0.15, -0.1) is 11.8 Å². The average molecular weight is 362 g/mol. The van der Waals surface area contributed by atoms with Crippen LogP contribution >= 0.6 is 23.4 Å². The summed E-state index contributed by atoms with van der Waals surface area (Å²) in [6.45, 7) is 6.67.